The Labute approximate surface area is 91.6 Å². The van der Waals surface area contributed by atoms with Crippen LogP contribution in [0.4, 0.5) is 0 Å². The van der Waals surface area contributed by atoms with Crippen LogP contribution in [0.1, 0.15) is 32.6 Å². The molecule has 1 amide bonds. The van der Waals surface area contributed by atoms with Crippen molar-refractivity contribution in [3.05, 3.63) is 0 Å². The summed E-state index contributed by atoms with van der Waals surface area (Å²) < 4.78 is 0. The third-order valence-corrected chi connectivity index (χ3v) is 3.25. The van der Waals surface area contributed by atoms with Gasteiger partial charge < -0.3 is 5.32 Å². The second-order valence-electron chi connectivity index (χ2n) is 4.47. The number of nitrogens with one attached hydrogen (secondary N) is 1. The number of nitrogens with zero attached hydrogens (tertiary/aromatic N) is 2. The zero-order chi connectivity index (χ0) is 10.7. The number of carbonyl (C=O) groups excluding carboxylic acids is 1. The molecule has 4 heteroatoms. The molecular weight excluding hydrogens is 190 g/mol. The highest BCUT2D eigenvalue weighted by Crippen LogP contribution is 2.15. The lowest BCUT2D eigenvalue weighted by Gasteiger charge is -2.29. The van der Waals surface area contributed by atoms with Gasteiger partial charge in [0.25, 0.3) is 0 Å². The van der Waals surface area contributed by atoms with E-state index in [1.54, 1.807) is 0 Å². The molecule has 86 valence electrons. The van der Waals surface area contributed by atoms with Crippen molar-refractivity contribution in [3.8, 4) is 0 Å². The summed E-state index contributed by atoms with van der Waals surface area (Å²) in [7, 11) is 0. The van der Waals surface area contributed by atoms with Crippen LogP contribution in [0.15, 0.2) is 0 Å². The molecule has 15 heavy (non-hydrogen) atoms. The zero-order valence-corrected chi connectivity index (χ0v) is 9.54. The fraction of sp³-hybridized carbons (Fsp3) is 0.909. The van der Waals surface area contributed by atoms with Gasteiger partial charge in [0.15, 0.2) is 0 Å². The fourth-order valence-corrected chi connectivity index (χ4v) is 2.46. The first-order valence-corrected chi connectivity index (χ1v) is 6.10. The van der Waals surface area contributed by atoms with Crippen molar-refractivity contribution in [3.63, 3.8) is 0 Å². The van der Waals surface area contributed by atoms with Gasteiger partial charge in [-0.1, -0.05) is 6.92 Å². The lowest BCUT2D eigenvalue weighted by Crippen LogP contribution is -2.46. The molecule has 0 bridgehead atoms. The smallest absolute Gasteiger partial charge is 0.238 e. The quantitative estimate of drug-likeness (QED) is 0.739. The molecule has 0 aliphatic carbocycles. The van der Waals surface area contributed by atoms with Crippen LogP contribution in [-0.4, -0.2) is 48.1 Å². The third-order valence-electron chi connectivity index (χ3n) is 3.25. The maximum atomic E-state index is 11.7. The van der Waals surface area contributed by atoms with Crippen molar-refractivity contribution in [2.75, 3.05) is 26.2 Å². The third kappa shape index (κ3) is 2.49. The van der Waals surface area contributed by atoms with Crippen LogP contribution in [0.5, 0.6) is 0 Å². The average molecular weight is 211 g/mol. The van der Waals surface area contributed by atoms with E-state index in [0.717, 1.165) is 32.6 Å². The minimum atomic E-state index is 0.303. The Morgan fingerprint density at radius 3 is 3.07 bits per heavy atom. The molecule has 1 N–H and O–H groups in total. The van der Waals surface area contributed by atoms with Crippen LogP contribution in [0, 0.1) is 0 Å². The van der Waals surface area contributed by atoms with Crippen molar-refractivity contribution in [2.45, 2.75) is 38.6 Å². The molecule has 2 fully saturated rings. The number of rotatable bonds is 4. The van der Waals surface area contributed by atoms with Crippen molar-refractivity contribution in [1.29, 1.82) is 0 Å². The van der Waals surface area contributed by atoms with Crippen LogP contribution in [0.3, 0.4) is 0 Å². The molecule has 0 aromatic carbocycles. The Morgan fingerprint density at radius 1 is 1.53 bits per heavy atom. The van der Waals surface area contributed by atoms with Crippen LogP contribution < -0.4 is 5.32 Å². The number of hydrazine groups is 1. The molecule has 2 saturated heterocycles. The number of hydrogen-bond acceptors (Lipinski definition) is 3. The Bertz CT molecular complexity index is 226. The monoisotopic (exact) mass is 211 g/mol. The molecule has 0 saturated carbocycles. The largest absolute Gasteiger partial charge is 0.312 e. The molecule has 2 rings (SSSR count). The van der Waals surface area contributed by atoms with Crippen LogP contribution in [0.25, 0.3) is 0 Å². The van der Waals surface area contributed by atoms with Crippen molar-refractivity contribution < 1.29 is 4.79 Å². The van der Waals surface area contributed by atoms with Crippen molar-refractivity contribution >= 4 is 5.91 Å². The van der Waals surface area contributed by atoms with E-state index in [1.807, 2.05) is 5.01 Å². The molecule has 1 unspecified atom stereocenters. The Balaban J connectivity index is 1.88. The fourth-order valence-electron chi connectivity index (χ4n) is 2.46. The van der Waals surface area contributed by atoms with Gasteiger partial charge >= 0.3 is 0 Å². The summed E-state index contributed by atoms with van der Waals surface area (Å²) in [5, 5.41) is 7.62. The molecule has 2 heterocycles. The SMILES string of the molecule is CCCN1CCC(=O)N1CC1CCCN1. The lowest BCUT2D eigenvalue weighted by atomic mass is 10.2. The maximum absolute atomic E-state index is 11.7. The molecule has 2 aliphatic rings. The van der Waals surface area contributed by atoms with Crippen molar-refractivity contribution in [1.82, 2.24) is 15.3 Å². The number of amides is 1. The Kier molecular flexibility index (Phi) is 3.59. The topological polar surface area (TPSA) is 35.6 Å². The second-order valence-corrected chi connectivity index (χ2v) is 4.47. The van der Waals surface area contributed by atoms with Crippen molar-refractivity contribution in [2.24, 2.45) is 0 Å². The first-order valence-electron chi connectivity index (χ1n) is 6.10. The van der Waals surface area contributed by atoms with E-state index in [0.29, 0.717) is 18.4 Å². The van der Waals surface area contributed by atoms with Crippen LogP contribution in [-0.2, 0) is 4.79 Å². The highest BCUT2D eigenvalue weighted by molar-refractivity contribution is 5.77. The summed E-state index contributed by atoms with van der Waals surface area (Å²) >= 11 is 0. The normalized spacial score (nSPS) is 27.9. The van der Waals surface area contributed by atoms with Gasteiger partial charge in [-0.25, -0.2) is 5.01 Å². The molecule has 4 nitrogen and oxygen atoms in total. The second kappa shape index (κ2) is 4.94. The minimum absolute atomic E-state index is 0.303. The molecule has 1 atom stereocenters. The summed E-state index contributed by atoms with van der Waals surface area (Å²) in [6, 6.07) is 0.520. The van der Waals surface area contributed by atoms with E-state index >= 15 is 0 Å². The average Bonchev–Trinajstić information content (AvgIpc) is 2.83. The Morgan fingerprint density at radius 2 is 2.40 bits per heavy atom. The zero-order valence-electron chi connectivity index (χ0n) is 9.54. The predicted octanol–water partition coefficient (Wildman–Crippen LogP) is 0.598. The molecule has 0 spiro atoms. The van der Waals surface area contributed by atoms with E-state index in [2.05, 4.69) is 17.2 Å². The van der Waals surface area contributed by atoms with Gasteiger partial charge in [0, 0.05) is 25.6 Å². The van der Waals surface area contributed by atoms with Gasteiger partial charge in [-0.15, -0.1) is 0 Å². The summed E-state index contributed by atoms with van der Waals surface area (Å²) in [6.07, 6.45) is 4.28. The molecule has 0 aromatic rings. The lowest BCUT2D eigenvalue weighted by molar-refractivity contribution is -0.138. The van der Waals surface area contributed by atoms with Gasteiger partial charge in [-0.3, -0.25) is 9.80 Å². The van der Waals surface area contributed by atoms with Crippen LogP contribution in [0.2, 0.25) is 0 Å². The molecular formula is C11H21N3O. The van der Waals surface area contributed by atoms with E-state index in [4.69, 9.17) is 0 Å². The van der Waals surface area contributed by atoms with Gasteiger partial charge in [0.2, 0.25) is 5.91 Å². The molecule has 2 aliphatic heterocycles. The number of hydrogen-bond donors (Lipinski definition) is 1. The summed E-state index contributed by atoms with van der Waals surface area (Å²) in [5.74, 6) is 0.303. The predicted molar refractivity (Wildman–Crippen MR) is 59.2 cm³/mol. The van der Waals surface area contributed by atoms with E-state index in [9.17, 15) is 4.79 Å². The van der Waals surface area contributed by atoms with Crippen LogP contribution >= 0.6 is 0 Å². The van der Waals surface area contributed by atoms with E-state index in [1.165, 1.54) is 12.8 Å². The summed E-state index contributed by atoms with van der Waals surface area (Å²) in [4.78, 5) is 11.7. The van der Waals surface area contributed by atoms with Gasteiger partial charge in [0.05, 0.1) is 6.54 Å². The first-order chi connectivity index (χ1) is 7.31. The highest BCUT2D eigenvalue weighted by Gasteiger charge is 2.30. The van der Waals surface area contributed by atoms with E-state index in [-0.39, 0.29) is 0 Å². The highest BCUT2D eigenvalue weighted by atomic mass is 16.2. The molecule has 0 radical (unpaired) electrons. The molecule has 0 aromatic heterocycles. The maximum Gasteiger partial charge on any atom is 0.238 e. The van der Waals surface area contributed by atoms with Gasteiger partial charge in [-0.2, -0.15) is 0 Å². The number of carbonyl (C=O) groups is 1. The van der Waals surface area contributed by atoms with Gasteiger partial charge in [0.1, 0.15) is 0 Å². The summed E-state index contributed by atoms with van der Waals surface area (Å²) in [6.45, 7) is 6.08. The van der Waals surface area contributed by atoms with Gasteiger partial charge in [-0.05, 0) is 25.8 Å². The minimum Gasteiger partial charge on any atom is -0.312 e. The summed E-state index contributed by atoms with van der Waals surface area (Å²) in [5.41, 5.74) is 0. The standard InChI is InChI=1S/C11H21N3O/c1-2-7-13-8-5-11(15)14(13)9-10-4-3-6-12-10/h10,12H,2-9H2,1H3. The Hall–Kier alpha value is -0.610. The first kappa shape index (κ1) is 10.9. The van der Waals surface area contributed by atoms with E-state index < -0.39 is 0 Å².